The van der Waals surface area contributed by atoms with Gasteiger partial charge in [-0.15, -0.1) is 0 Å². The molecule has 1 saturated heterocycles. The quantitative estimate of drug-likeness (QED) is 0.681. The van der Waals surface area contributed by atoms with Crippen molar-refractivity contribution < 1.29 is 26.4 Å². The van der Waals surface area contributed by atoms with E-state index in [1.165, 1.54) is 16.4 Å². The molecule has 1 amide bonds. The van der Waals surface area contributed by atoms with Crippen molar-refractivity contribution in [1.29, 1.82) is 0 Å². The van der Waals surface area contributed by atoms with Gasteiger partial charge >= 0.3 is 6.18 Å². The van der Waals surface area contributed by atoms with E-state index in [0.717, 1.165) is 12.1 Å². The fourth-order valence-corrected chi connectivity index (χ4v) is 5.34. The van der Waals surface area contributed by atoms with Crippen LogP contribution in [-0.4, -0.2) is 31.7 Å². The fourth-order valence-electron chi connectivity index (χ4n) is 3.53. The minimum atomic E-state index is -4.46. The number of sulfonamides is 1. The molecule has 1 N–H and O–H groups in total. The van der Waals surface area contributed by atoms with Crippen molar-refractivity contribution in [2.24, 2.45) is 5.92 Å². The van der Waals surface area contributed by atoms with Crippen LogP contribution in [0.4, 0.5) is 13.2 Å². The van der Waals surface area contributed by atoms with Gasteiger partial charge in [0.15, 0.2) is 0 Å². The summed E-state index contributed by atoms with van der Waals surface area (Å²) in [6, 6.07) is 11.3. The predicted molar refractivity (Wildman–Crippen MR) is 112 cm³/mol. The van der Waals surface area contributed by atoms with Crippen molar-refractivity contribution in [2.45, 2.75) is 31.3 Å². The highest BCUT2D eigenvalue weighted by Crippen LogP contribution is 2.29. The van der Waals surface area contributed by atoms with Crippen LogP contribution in [0.3, 0.4) is 0 Å². The standard InChI is InChI=1S/C21H22ClF3N2O3S/c22-19-8-2-5-16(11-19)14-31(29,30)27-9-3-6-17(13-27)20(28)26-12-15-4-1-7-18(10-15)21(23,24)25/h1-2,4-5,7-8,10-11,17H,3,6,9,12-14H2,(H,26,28)/t17-/m0/s1. The van der Waals surface area contributed by atoms with Crippen LogP contribution in [-0.2, 0) is 33.3 Å². The molecule has 10 heteroatoms. The number of piperidine rings is 1. The largest absolute Gasteiger partial charge is 0.416 e. The average molecular weight is 475 g/mol. The maximum Gasteiger partial charge on any atom is 0.416 e. The number of amides is 1. The highest BCUT2D eigenvalue weighted by Gasteiger charge is 2.33. The molecule has 0 bridgehead atoms. The van der Waals surface area contributed by atoms with Crippen LogP contribution in [0.1, 0.15) is 29.5 Å². The number of alkyl halides is 3. The number of benzene rings is 2. The molecule has 2 aromatic rings. The Balaban J connectivity index is 1.60. The van der Waals surface area contributed by atoms with Crippen molar-refractivity contribution in [3.8, 4) is 0 Å². The first-order valence-electron chi connectivity index (χ1n) is 9.71. The number of rotatable bonds is 6. The zero-order chi connectivity index (χ0) is 22.6. The van der Waals surface area contributed by atoms with E-state index in [1.54, 1.807) is 24.3 Å². The molecule has 3 rings (SSSR count). The van der Waals surface area contributed by atoms with Crippen LogP contribution >= 0.6 is 11.6 Å². The summed E-state index contributed by atoms with van der Waals surface area (Å²) in [5.74, 6) is -1.15. The summed E-state index contributed by atoms with van der Waals surface area (Å²) in [5.41, 5.74) is 0.100. The lowest BCUT2D eigenvalue weighted by molar-refractivity contribution is -0.137. The van der Waals surface area contributed by atoms with E-state index >= 15 is 0 Å². The molecule has 0 aliphatic carbocycles. The molecule has 0 unspecified atom stereocenters. The molecule has 1 heterocycles. The number of nitrogens with one attached hydrogen (secondary N) is 1. The number of nitrogens with zero attached hydrogens (tertiary/aromatic N) is 1. The van der Waals surface area contributed by atoms with E-state index in [0.29, 0.717) is 35.5 Å². The van der Waals surface area contributed by atoms with Crippen molar-refractivity contribution >= 4 is 27.5 Å². The van der Waals surface area contributed by atoms with E-state index in [1.807, 2.05) is 0 Å². The second-order valence-corrected chi connectivity index (χ2v) is 9.90. The van der Waals surface area contributed by atoms with Crippen LogP contribution < -0.4 is 5.32 Å². The first kappa shape index (κ1) is 23.6. The third-order valence-corrected chi connectivity index (χ3v) is 7.16. The fraction of sp³-hybridized carbons (Fsp3) is 0.381. The Kier molecular flexibility index (Phi) is 7.28. The molecular formula is C21H22ClF3N2O3S. The van der Waals surface area contributed by atoms with Crippen LogP contribution in [0, 0.1) is 5.92 Å². The van der Waals surface area contributed by atoms with E-state index in [-0.39, 0.29) is 24.7 Å². The topological polar surface area (TPSA) is 66.5 Å². The Bertz CT molecular complexity index is 1040. The van der Waals surface area contributed by atoms with Gasteiger partial charge in [0.25, 0.3) is 0 Å². The molecule has 1 aliphatic rings. The smallest absolute Gasteiger partial charge is 0.352 e. The maximum absolute atomic E-state index is 12.8. The van der Waals surface area contributed by atoms with Crippen LogP contribution in [0.15, 0.2) is 48.5 Å². The minimum absolute atomic E-state index is 0.0390. The van der Waals surface area contributed by atoms with E-state index in [2.05, 4.69) is 5.32 Å². The summed E-state index contributed by atoms with van der Waals surface area (Å²) in [6.45, 7) is 0.298. The molecule has 0 aromatic heterocycles. The van der Waals surface area contributed by atoms with Crippen molar-refractivity contribution in [1.82, 2.24) is 9.62 Å². The Morgan fingerprint density at radius 1 is 1.13 bits per heavy atom. The first-order valence-corrected chi connectivity index (χ1v) is 11.7. The highest BCUT2D eigenvalue weighted by molar-refractivity contribution is 7.88. The third-order valence-electron chi connectivity index (χ3n) is 5.11. The van der Waals surface area contributed by atoms with Gasteiger partial charge in [-0.2, -0.15) is 13.2 Å². The van der Waals surface area contributed by atoms with Gasteiger partial charge in [-0.25, -0.2) is 12.7 Å². The first-order chi connectivity index (χ1) is 14.5. The Hall–Kier alpha value is -2.10. The molecular weight excluding hydrogens is 453 g/mol. The summed E-state index contributed by atoms with van der Waals surface area (Å²) in [4.78, 5) is 12.6. The highest BCUT2D eigenvalue weighted by atomic mass is 35.5. The van der Waals surface area contributed by atoms with E-state index < -0.39 is 27.7 Å². The molecule has 1 aliphatic heterocycles. The molecule has 31 heavy (non-hydrogen) atoms. The molecule has 0 spiro atoms. The minimum Gasteiger partial charge on any atom is -0.352 e. The number of halogens is 4. The molecule has 0 radical (unpaired) electrons. The molecule has 1 atom stereocenters. The zero-order valence-corrected chi connectivity index (χ0v) is 18.1. The van der Waals surface area contributed by atoms with Gasteiger partial charge < -0.3 is 5.32 Å². The molecule has 5 nitrogen and oxygen atoms in total. The summed E-state index contributed by atoms with van der Waals surface area (Å²) in [7, 11) is -3.64. The van der Waals surface area contributed by atoms with Gasteiger partial charge in [-0.1, -0.05) is 35.9 Å². The van der Waals surface area contributed by atoms with E-state index in [4.69, 9.17) is 11.6 Å². The zero-order valence-electron chi connectivity index (χ0n) is 16.5. The summed E-state index contributed by atoms with van der Waals surface area (Å²) in [6.07, 6.45) is -3.42. The van der Waals surface area contributed by atoms with Gasteiger partial charge in [0.2, 0.25) is 15.9 Å². The number of carbonyl (C=O) groups is 1. The van der Waals surface area contributed by atoms with Gasteiger partial charge in [0, 0.05) is 24.7 Å². The predicted octanol–water partition coefficient (Wildman–Crippen LogP) is 4.22. The van der Waals surface area contributed by atoms with Crippen molar-refractivity contribution in [3.63, 3.8) is 0 Å². The average Bonchev–Trinajstić information content (AvgIpc) is 2.71. The normalized spacial score (nSPS) is 18.0. The molecule has 168 valence electrons. The van der Waals surface area contributed by atoms with Gasteiger partial charge in [-0.3, -0.25) is 4.79 Å². The Labute approximate surface area is 184 Å². The van der Waals surface area contributed by atoms with Crippen LogP contribution in [0.2, 0.25) is 5.02 Å². The van der Waals surface area contributed by atoms with Gasteiger partial charge in [0.05, 0.1) is 17.2 Å². The third kappa shape index (κ3) is 6.44. The van der Waals surface area contributed by atoms with Crippen LogP contribution in [0.5, 0.6) is 0 Å². The SMILES string of the molecule is O=C(NCc1cccc(C(F)(F)F)c1)[C@H]1CCCN(S(=O)(=O)Cc2cccc(Cl)c2)C1. The monoisotopic (exact) mass is 474 g/mol. The van der Waals surface area contributed by atoms with Crippen molar-refractivity contribution in [3.05, 3.63) is 70.2 Å². The lowest BCUT2D eigenvalue weighted by Crippen LogP contribution is -2.45. The number of hydrogen-bond acceptors (Lipinski definition) is 3. The van der Waals surface area contributed by atoms with Crippen LogP contribution in [0.25, 0.3) is 0 Å². The lowest BCUT2D eigenvalue weighted by atomic mass is 9.98. The molecule has 2 aromatic carbocycles. The maximum atomic E-state index is 12.8. The van der Waals surface area contributed by atoms with Gasteiger partial charge in [-0.05, 0) is 48.2 Å². The summed E-state index contributed by atoms with van der Waals surface area (Å²) in [5, 5.41) is 3.07. The summed E-state index contributed by atoms with van der Waals surface area (Å²) < 4.78 is 65.4. The Morgan fingerprint density at radius 3 is 2.55 bits per heavy atom. The van der Waals surface area contributed by atoms with Gasteiger partial charge in [0.1, 0.15) is 0 Å². The molecule has 0 saturated carbocycles. The lowest BCUT2D eigenvalue weighted by Gasteiger charge is -2.31. The second kappa shape index (κ2) is 9.58. The molecule has 1 fully saturated rings. The van der Waals surface area contributed by atoms with E-state index in [9.17, 15) is 26.4 Å². The summed E-state index contributed by atoms with van der Waals surface area (Å²) >= 11 is 5.92. The number of hydrogen-bond donors (Lipinski definition) is 1. The van der Waals surface area contributed by atoms with Crippen molar-refractivity contribution in [2.75, 3.05) is 13.1 Å². The number of carbonyl (C=O) groups excluding carboxylic acids is 1. The Morgan fingerprint density at radius 2 is 1.84 bits per heavy atom. The second-order valence-electron chi connectivity index (χ2n) is 7.50.